The zero-order valence-corrected chi connectivity index (χ0v) is 30.9. The molecule has 10 nitrogen and oxygen atoms in total. The average molecular weight is 700 g/mol. The van der Waals surface area contributed by atoms with Gasteiger partial charge in [-0.1, -0.05) is 108 Å². The zero-order chi connectivity index (χ0) is 35.6. The number of nitrogens with two attached hydrogens (primary N) is 1. The lowest BCUT2D eigenvalue weighted by Gasteiger charge is -2.19. The number of carbonyl (C=O) groups excluding carboxylic acids is 3. The number of ketones is 1. The molecule has 0 aliphatic carbocycles. The monoisotopic (exact) mass is 699 g/mol. The Labute approximate surface area is 290 Å². The molecule has 278 valence electrons. The minimum absolute atomic E-state index is 0.0384. The lowest BCUT2D eigenvalue weighted by molar-refractivity contribution is -0.161. The van der Waals surface area contributed by atoms with E-state index in [1.807, 2.05) is 12.2 Å². The predicted molar refractivity (Wildman–Crippen MR) is 192 cm³/mol. The third-order valence-electron chi connectivity index (χ3n) is 7.47. The van der Waals surface area contributed by atoms with Gasteiger partial charge in [0.2, 0.25) is 0 Å². The van der Waals surface area contributed by atoms with Gasteiger partial charge in [0.15, 0.2) is 11.9 Å². The van der Waals surface area contributed by atoms with Gasteiger partial charge in [-0.2, -0.15) is 0 Å². The summed E-state index contributed by atoms with van der Waals surface area (Å²) >= 11 is 0. The van der Waals surface area contributed by atoms with E-state index >= 15 is 0 Å². The Morgan fingerprint density at radius 3 is 1.88 bits per heavy atom. The van der Waals surface area contributed by atoms with Crippen molar-refractivity contribution in [2.75, 3.05) is 26.4 Å². The SMILES string of the molecule is CCCC/C=C\CCCCCCCC(=O)O[C@H](COC(=O)CCCCCCC/C=C\C=C\C(=O)CCCCC)COP(=O)(O)OCCN. The van der Waals surface area contributed by atoms with E-state index in [-0.39, 0.29) is 38.4 Å². The van der Waals surface area contributed by atoms with Crippen molar-refractivity contribution in [2.24, 2.45) is 5.73 Å². The number of esters is 2. The Balaban J connectivity index is 4.31. The van der Waals surface area contributed by atoms with Crippen molar-refractivity contribution in [3.63, 3.8) is 0 Å². The molecule has 0 aromatic rings. The maximum Gasteiger partial charge on any atom is 0.472 e. The van der Waals surface area contributed by atoms with Crippen LogP contribution in [-0.2, 0) is 37.5 Å². The number of phosphoric ester groups is 1. The standard InChI is InChI=1S/C37H66NO9P/c1-3-5-7-8-9-10-11-14-18-21-25-29-37(41)47-35(33-46-48(42,43)45-31-30-38)32-44-36(40)28-24-20-17-15-12-13-16-19-23-27-34(39)26-22-6-4-2/h8-9,16,19,23,27,35H,3-7,10-15,17-18,20-22,24-26,28-33,38H2,1-2H3,(H,42,43)/b9-8-,19-16-,27-23+/t35-/m1/s1. The summed E-state index contributed by atoms with van der Waals surface area (Å²) in [5, 5.41) is 0. The van der Waals surface area contributed by atoms with Crippen LogP contribution in [0.5, 0.6) is 0 Å². The van der Waals surface area contributed by atoms with Crippen molar-refractivity contribution in [3.05, 3.63) is 36.5 Å². The molecule has 0 spiro atoms. The van der Waals surface area contributed by atoms with Gasteiger partial charge in [-0.3, -0.25) is 23.4 Å². The highest BCUT2D eigenvalue weighted by atomic mass is 31.2. The van der Waals surface area contributed by atoms with Crippen LogP contribution >= 0.6 is 7.82 Å². The Kier molecular flexibility index (Phi) is 31.9. The third-order valence-corrected chi connectivity index (χ3v) is 8.46. The largest absolute Gasteiger partial charge is 0.472 e. The van der Waals surface area contributed by atoms with E-state index in [9.17, 15) is 23.8 Å². The van der Waals surface area contributed by atoms with Gasteiger partial charge >= 0.3 is 19.8 Å². The normalized spacial score (nSPS) is 13.8. The second kappa shape index (κ2) is 33.4. The molecular weight excluding hydrogens is 633 g/mol. The summed E-state index contributed by atoms with van der Waals surface area (Å²) < 4.78 is 32.5. The first-order valence-corrected chi connectivity index (χ1v) is 19.9. The van der Waals surface area contributed by atoms with E-state index in [0.717, 1.165) is 89.9 Å². The van der Waals surface area contributed by atoms with E-state index < -0.39 is 32.5 Å². The van der Waals surface area contributed by atoms with Crippen LogP contribution in [-0.4, -0.2) is 55.1 Å². The lowest BCUT2D eigenvalue weighted by Crippen LogP contribution is -2.29. The van der Waals surface area contributed by atoms with E-state index in [1.165, 1.54) is 12.8 Å². The van der Waals surface area contributed by atoms with Crippen molar-refractivity contribution >= 4 is 25.5 Å². The number of rotatable bonds is 34. The number of ether oxygens (including phenoxy) is 2. The molecule has 0 radical (unpaired) electrons. The van der Waals surface area contributed by atoms with Gasteiger partial charge in [-0.25, -0.2) is 4.57 Å². The minimum Gasteiger partial charge on any atom is -0.462 e. The lowest BCUT2D eigenvalue weighted by atomic mass is 10.1. The van der Waals surface area contributed by atoms with Crippen molar-refractivity contribution in [1.29, 1.82) is 0 Å². The zero-order valence-electron chi connectivity index (χ0n) is 30.0. The van der Waals surface area contributed by atoms with E-state index in [4.69, 9.17) is 24.3 Å². The second-order valence-corrected chi connectivity index (χ2v) is 13.6. The molecule has 0 aromatic heterocycles. The highest BCUT2D eigenvalue weighted by molar-refractivity contribution is 7.47. The number of hydrogen-bond donors (Lipinski definition) is 2. The van der Waals surface area contributed by atoms with Gasteiger partial charge in [0.1, 0.15) is 6.61 Å². The van der Waals surface area contributed by atoms with Crippen LogP contribution in [0.15, 0.2) is 36.5 Å². The van der Waals surface area contributed by atoms with Gasteiger partial charge < -0.3 is 20.1 Å². The Bertz CT molecular complexity index is 951. The first-order chi connectivity index (χ1) is 23.2. The van der Waals surface area contributed by atoms with E-state index in [1.54, 1.807) is 6.08 Å². The van der Waals surface area contributed by atoms with Gasteiger partial charge in [-0.15, -0.1) is 0 Å². The topological polar surface area (TPSA) is 151 Å². The van der Waals surface area contributed by atoms with Crippen molar-refractivity contribution < 1.29 is 42.4 Å². The molecule has 0 rings (SSSR count). The van der Waals surface area contributed by atoms with E-state index in [0.29, 0.717) is 19.3 Å². The maximum absolute atomic E-state index is 12.5. The smallest absolute Gasteiger partial charge is 0.462 e. The minimum atomic E-state index is -4.39. The number of unbranched alkanes of at least 4 members (excludes halogenated alkanes) is 14. The second-order valence-electron chi connectivity index (χ2n) is 12.1. The molecule has 2 atom stereocenters. The summed E-state index contributed by atoms with van der Waals surface area (Å²) in [4.78, 5) is 46.3. The Morgan fingerprint density at radius 1 is 0.667 bits per heavy atom. The van der Waals surface area contributed by atoms with Crippen LogP contribution in [0.2, 0.25) is 0 Å². The molecule has 0 aliphatic heterocycles. The molecule has 0 saturated heterocycles. The summed E-state index contributed by atoms with van der Waals surface area (Å²) in [7, 11) is -4.39. The van der Waals surface area contributed by atoms with Crippen molar-refractivity contribution in [1.82, 2.24) is 0 Å². The predicted octanol–water partition coefficient (Wildman–Crippen LogP) is 9.00. The molecule has 0 aliphatic rings. The quantitative estimate of drug-likeness (QED) is 0.0166. The highest BCUT2D eigenvalue weighted by Crippen LogP contribution is 2.43. The fourth-order valence-corrected chi connectivity index (χ4v) is 5.42. The van der Waals surface area contributed by atoms with Crippen LogP contribution in [0.1, 0.15) is 149 Å². The molecule has 11 heteroatoms. The molecule has 0 bridgehead atoms. The van der Waals surface area contributed by atoms with Gasteiger partial charge in [-0.05, 0) is 57.4 Å². The number of carbonyl (C=O) groups is 3. The number of phosphoric acid groups is 1. The van der Waals surface area contributed by atoms with Crippen LogP contribution in [0.3, 0.4) is 0 Å². The molecule has 1 unspecified atom stereocenters. The summed E-state index contributed by atoms with van der Waals surface area (Å²) in [6.07, 6.45) is 30.2. The maximum atomic E-state index is 12.5. The number of allylic oxidation sites excluding steroid dienone is 6. The summed E-state index contributed by atoms with van der Waals surface area (Å²) in [6.45, 7) is 3.44. The Hall–Kier alpha value is -2.10. The van der Waals surface area contributed by atoms with Gasteiger partial charge in [0.05, 0.1) is 13.2 Å². The molecule has 0 aromatic carbocycles. The summed E-state index contributed by atoms with van der Waals surface area (Å²) in [5.41, 5.74) is 5.31. The Morgan fingerprint density at radius 2 is 1.23 bits per heavy atom. The molecule has 3 N–H and O–H groups in total. The average Bonchev–Trinajstić information content (AvgIpc) is 3.06. The van der Waals surface area contributed by atoms with Crippen LogP contribution < -0.4 is 5.73 Å². The van der Waals surface area contributed by atoms with Crippen LogP contribution in [0.25, 0.3) is 0 Å². The summed E-state index contributed by atoms with van der Waals surface area (Å²) in [6, 6.07) is 0. The molecule has 48 heavy (non-hydrogen) atoms. The van der Waals surface area contributed by atoms with Crippen molar-refractivity contribution in [2.45, 2.75) is 155 Å². The third kappa shape index (κ3) is 32.4. The van der Waals surface area contributed by atoms with Gasteiger partial charge in [0, 0.05) is 25.8 Å². The van der Waals surface area contributed by atoms with Crippen molar-refractivity contribution in [3.8, 4) is 0 Å². The first kappa shape index (κ1) is 45.9. The summed E-state index contributed by atoms with van der Waals surface area (Å²) in [5.74, 6) is -0.730. The molecule has 0 saturated carbocycles. The molecule has 0 fully saturated rings. The van der Waals surface area contributed by atoms with Gasteiger partial charge in [0.25, 0.3) is 0 Å². The fraction of sp³-hybridized carbons (Fsp3) is 0.757. The molecular formula is C37H66NO9P. The molecule has 0 amide bonds. The van der Waals surface area contributed by atoms with E-state index in [2.05, 4.69) is 32.1 Å². The first-order valence-electron chi connectivity index (χ1n) is 18.4. The number of hydrogen-bond acceptors (Lipinski definition) is 9. The fourth-order valence-electron chi connectivity index (χ4n) is 4.65. The highest BCUT2D eigenvalue weighted by Gasteiger charge is 2.25. The van der Waals surface area contributed by atoms with Crippen LogP contribution in [0.4, 0.5) is 0 Å². The molecule has 0 heterocycles. The van der Waals surface area contributed by atoms with Crippen LogP contribution in [0, 0.1) is 0 Å².